The molecule has 0 aromatic carbocycles. The summed E-state index contributed by atoms with van der Waals surface area (Å²) in [4.78, 5) is 28.4. The Bertz CT molecular complexity index is 984. The number of carboxylic acid groups (broad SMARTS) is 2. The van der Waals surface area contributed by atoms with Gasteiger partial charge in [-0.05, 0) is 24.5 Å². The van der Waals surface area contributed by atoms with Crippen LogP contribution in [0.5, 0.6) is 0 Å². The molecule has 2 saturated heterocycles. The molecule has 2 aromatic rings. The summed E-state index contributed by atoms with van der Waals surface area (Å²) in [6, 6.07) is 4.11. The van der Waals surface area contributed by atoms with E-state index in [1.165, 1.54) is 5.56 Å². The second-order valence-corrected chi connectivity index (χ2v) is 8.31. The first kappa shape index (κ1) is 30.9. The van der Waals surface area contributed by atoms with Gasteiger partial charge in [-0.25, -0.2) is 14.6 Å². The molecule has 2 N–H and O–H groups in total. The van der Waals surface area contributed by atoms with Gasteiger partial charge in [0.25, 0.3) is 0 Å². The van der Waals surface area contributed by atoms with E-state index in [0.29, 0.717) is 6.61 Å². The van der Waals surface area contributed by atoms with Gasteiger partial charge in [-0.15, -0.1) is 0 Å². The largest absolute Gasteiger partial charge is 0.490 e. The number of carboxylic acids is 2. The van der Waals surface area contributed by atoms with E-state index >= 15 is 0 Å². The summed E-state index contributed by atoms with van der Waals surface area (Å²) >= 11 is 0. The minimum absolute atomic E-state index is 0.175. The quantitative estimate of drug-likeness (QED) is 0.539. The third-order valence-corrected chi connectivity index (χ3v) is 5.24. The smallest absolute Gasteiger partial charge is 0.475 e. The Labute approximate surface area is 212 Å². The zero-order valence-electron chi connectivity index (χ0n) is 19.7. The molecule has 2 fully saturated rings. The highest BCUT2D eigenvalue weighted by Gasteiger charge is 2.43. The van der Waals surface area contributed by atoms with Crippen molar-refractivity contribution >= 4 is 11.9 Å². The molecule has 11 nitrogen and oxygen atoms in total. The molecule has 4 rings (SSSR count). The summed E-state index contributed by atoms with van der Waals surface area (Å²) in [7, 11) is 0. The highest BCUT2D eigenvalue weighted by Crippen LogP contribution is 2.34. The van der Waals surface area contributed by atoms with Gasteiger partial charge in [0.05, 0.1) is 25.9 Å². The van der Waals surface area contributed by atoms with E-state index in [2.05, 4.69) is 26.0 Å². The van der Waals surface area contributed by atoms with E-state index in [-0.39, 0.29) is 11.7 Å². The van der Waals surface area contributed by atoms with Crippen molar-refractivity contribution in [3.63, 3.8) is 0 Å². The van der Waals surface area contributed by atoms with Crippen LogP contribution in [0.15, 0.2) is 37.2 Å². The third kappa shape index (κ3) is 10.6. The molecule has 2 atom stereocenters. The lowest BCUT2D eigenvalue weighted by Gasteiger charge is -2.32. The number of ether oxygens (including phenoxy) is 2. The van der Waals surface area contributed by atoms with Gasteiger partial charge in [-0.1, -0.05) is 6.07 Å². The fourth-order valence-electron chi connectivity index (χ4n) is 3.65. The van der Waals surface area contributed by atoms with Crippen molar-refractivity contribution in [2.24, 2.45) is 0 Å². The van der Waals surface area contributed by atoms with E-state index in [4.69, 9.17) is 29.3 Å². The molecule has 1 spiro atoms. The Morgan fingerprint density at radius 3 is 2.29 bits per heavy atom. The molecule has 2 aliphatic rings. The molecule has 0 radical (unpaired) electrons. The second kappa shape index (κ2) is 13.5. The number of alkyl halides is 6. The summed E-state index contributed by atoms with van der Waals surface area (Å²) in [5.74, 6) is -5.51. The molecule has 2 unspecified atom stereocenters. The minimum atomic E-state index is -5.08. The van der Waals surface area contributed by atoms with Crippen LogP contribution >= 0.6 is 0 Å². The fourth-order valence-corrected chi connectivity index (χ4v) is 3.65. The molecule has 0 bridgehead atoms. The Morgan fingerprint density at radius 1 is 1.11 bits per heavy atom. The van der Waals surface area contributed by atoms with Crippen LogP contribution in [-0.4, -0.2) is 97.2 Å². The first-order valence-electron chi connectivity index (χ1n) is 11.0. The van der Waals surface area contributed by atoms with Crippen LogP contribution in [0.3, 0.4) is 0 Å². The van der Waals surface area contributed by atoms with Crippen molar-refractivity contribution in [2.75, 3.05) is 26.3 Å². The van der Waals surface area contributed by atoms with Gasteiger partial charge < -0.3 is 19.7 Å². The predicted octanol–water partition coefficient (Wildman–Crippen LogP) is 2.39. The molecule has 0 aliphatic carbocycles. The molecular formula is C21H25F6N5O6. The number of pyridine rings is 1. The van der Waals surface area contributed by atoms with E-state index in [1.807, 2.05) is 23.1 Å². The summed E-state index contributed by atoms with van der Waals surface area (Å²) in [6.45, 7) is 4.88. The molecule has 17 heteroatoms. The highest BCUT2D eigenvalue weighted by molar-refractivity contribution is 5.73. The highest BCUT2D eigenvalue weighted by atomic mass is 19.4. The first-order valence-corrected chi connectivity index (χ1v) is 11.0. The molecule has 212 valence electrons. The molecule has 2 aromatic heterocycles. The number of rotatable bonds is 4. The van der Waals surface area contributed by atoms with Crippen LogP contribution in [0, 0.1) is 0 Å². The van der Waals surface area contributed by atoms with Crippen LogP contribution in [0.2, 0.25) is 0 Å². The monoisotopic (exact) mass is 557 g/mol. The maximum atomic E-state index is 10.6. The third-order valence-electron chi connectivity index (χ3n) is 5.24. The van der Waals surface area contributed by atoms with E-state index < -0.39 is 24.3 Å². The zero-order chi connectivity index (χ0) is 28.4. The van der Waals surface area contributed by atoms with E-state index in [1.54, 1.807) is 12.7 Å². The van der Waals surface area contributed by atoms with Gasteiger partial charge in [0, 0.05) is 32.0 Å². The van der Waals surface area contributed by atoms with Crippen molar-refractivity contribution in [3.05, 3.63) is 42.7 Å². The molecule has 4 heterocycles. The maximum absolute atomic E-state index is 10.6. The number of halogens is 6. The summed E-state index contributed by atoms with van der Waals surface area (Å²) < 4.78 is 77.6. The van der Waals surface area contributed by atoms with Crippen LogP contribution in [-0.2, 0) is 32.2 Å². The Balaban J connectivity index is 0.000000301. The lowest BCUT2D eigenvalue weighted by Crippen LogP contribution is -2.44. The molecule has 2 aliphatic heterocycles. The number of nitrogens with zero attached hydrogens (tertiary/aromatic N) is 5. The van der Waals surface area contributed by atoms with Gasteiger partial charge in [0.15, 0.2) is 0 Å². The van der Waals surface area contributed by atoms with Crippen LogP contribution in [0.25, 0.3) is 0 Å². The van der Waals surface area contributed by atoms with Crippen molar-refractivity contribution in [1.29, 1.82) is 0 Å². The van der Waals surface area contributed by atoms with E-state index in [9.17, 15) is 26.3 Å². The number of aliphatic carboxylic acids is 2. The Kier molecular flexibility index (Phi) is 11.0. The molecule has 0 saturated carbocycles. The fraction of sp³-hybridized carbons (Fsp3) is 0.571. The molecular weight excluding hydrogens is 532 g/mol. The lowest BCUT2D eigenvalue weighted by molar-refractivity contribution is -0.193. The average molecular weight is 557 g/mol. The van der Waals surface area contributed by atoms with Crippen molar-refractivity contribution in [3.8, 4) is 0 Å². The van der Waals surface area contributed by atoms with Crippen molar-refractivity contribution < 1.29 is 55.6 Å². The van der Waals surface area contributed by atoms with Gasteiger partial charge in [0.2, 0.25) is 0 Å². The second-order valence-electron chi connectivity index (χ2n) is 8.31. The van der Waals surface area contributed by atoms with Gasteiger partial charge in [-0.3, -0.25) is 14.6 Å². The summed E-state index contributed by atoms with van der Waals surface area (Å²) in [6.07, 6.45) is -0.886. The average Bonchev–Trinajstić information content (AvgIpc) is 3.42. The summed E-state index contributed by atoms with van der Waals surface area (Å²) in [5.41, 5.74) is 1.02. The predicted molar refractivity (Wildman–Crippen MR) is 115 cm³/mol. The van der Waals surface area contributed by atoms with Crippen LogP contribution < -0.4 is 0 Å². The number of hydrogen-bond acceptors (Lipinski definition) is 8. The number of carbonyl (C=O) groups is 2. The molecule has 0 amide bonds. The minimum Gasteiger partial charge on any atom is -0.475 e. The SMILES string of the molecule is O=C(O)C(F)(F)F.O=C(O)C(F)(F)F.c1cncc(CN2CCOCC3(CCC(Cn4cncn4)O3)C2)c1. The Morgan fingerprint density at radius 2 is 1.76 bits per heavy atom. The first-order chi connectivity index (χ1) is 17.7. The van der Waals surface area contributed by atoms with Gasteiger partial charge >= 0.3 is 24.3 Å². The normalized spacial score (nSPS) is 22.0. The topological polar surface area (TPSA) is 140 Å². The maximum Gasteiger partial charge on any atom is 0.490 e. The van der Waals surface area contributed by atoms with Gasteiger partial charge in [0.1, 0.15) is 18.3 Å². The van der Waals surface area contributed by atoms with Crippen LogP contribution in [0.4, 0.5) is 26.3 Å². The van der Waals surface area contributed by atoms with Crippen molar-refractivity contribution in [2.45, 2.75) is 50.0 Å². The lowest BCUT2D eigenvalue weighted by atomic mass is 10.00. The molecule has 38 heavy (non-hydrogen) atoms. The zero-order valence-corrected chi connectivity index (χ0v) is 19.7. The number of aromatic nitrogens is 4. The van der Waals surface area contributed by atoms with Gasteiger partial charge in [-0.2, -0.15) is 31.4 Å². The standard InChI is InChI=1S/C17H23N5O2.2C2HF3O2/c1-2-15(8-18-5-1)9-21-6-7-23-12-17(11-21)4-3-16(24-17)10-22-14-19-13-20-22;2*3-2(4,5)1(6)7/h1-2,5,8,13-14,16H,3-4,6-7,9-12H2;2*(H,6,7). The van der Waals surface area contributed by atoms with E-state index in [0.717, 1.165) is 45.6 Å². The summed E-state index contributed by atoms with van der Waals surface area (Å²) in [5, 5.41) is 18.4. The number of hydrogen-bond donors (Lipinski definition) is 2. The van der Waals surface area contributed by atoms with Crippen molar-refractivity contribution in [1.82, 2.24) is 24.6 Å². The van der Waals surface area contributed by atoms with Crippen LogP contribution in [0.1, 0.15) is 18.4 Å². The Hall–Kier alpha value is -3.31.